The van der Waals surface area contributed by atoms with Crippen molar-refractivity contribution in [2.75, 3.05) is 5.32 Å². The Morgan fingerprint density at radius 1 is 1.31 bits per heavy atom. The molecule has 1 heterocycles. The van der Waals surface area contributed by atoms with Crippen molar-refractivity contribution in [3.63, 3.8) is 0 Å². The lowest BCUT2D eigenvalue weighted by atomic mass is 9.97. The molecule has 0 saturated heterocycles. The molecule has 0 aliphatic heterocycles. The lowest BCUT2D eigenvalue weighted by Gasteiger charge is -2.13. The molecule has 1 aromatic heterocycles. The van der Waals surface area contributed by atoms with Crippen LogP contribution in [0.2, 0.25) is 0 Å². The molecule has 2 N–H and O–H groups in total. The molecule has 0 spiro atoms. The van der Waals surface area contributed by atoms with Crippen LogP contribution in [0, 0.1) is 11.8 Å². The maximum Gasteiger partial charge on any atom is 0.228 e. The van der Waals surface area contributed by atoms with Gasteiger partial charge in [-0.05, 0) is 11.8 Å². The Kier molecular flexibility index (Phi) is 4.10. The fourth-order valence-electron chi connectivity index (χ4n) is 1.24. The first-order chi connectivity index (χ1) is 7.41. The molecule has 0 fully saturated rings. The number of H-pyrrole nitrogens is 1. The first-order valence-electron chi connectivity index (χ1n) is 5.78. The van der Waals surface area contributed by atoms with Crippen LogP contribution >= 0.6 is 0 Å². The Morgan fingerprint density at radius 2 is 1.94 bits per heavy atom. The van der Waals surface area contributed by atoms with E-state index in [-0.39, 0.29) is 11.8 Å². The number of amides is 1. The summed E-state index contributed by atoms with van der Waals surface area (Å²) in [6.45, 7) is 10.2. The number of anilines is 1. The maximum atomic E-state index is 11.8. The third-order valence-electron chi connectivity index (χ3n) is 2.88. The largest absolute Gasteiger partial charge is 0.309 e. The van der Waals surface area contributed by atoms with Crippen LogP contribution in [0.25, 0.3) is 0 Å². The molecule has 1 amide bonds. The number of hydrogen-bond donors (Lipinski definition) is 2. The fraction of sp³-hybridized carbons (Fsp3) is 0.667. The molecule has 0 saturated carbocycles. The smallest absolute Gasteiger partial charge is 0.228 e. The molecule has 1 atom stereocenters. The summed E-state index contributed by atoms with van der Waals surface area (Å²) in [5, 5.41) is 9.79. The standard InChI is InChI=1S/C12H21N3O/c1-7(2)9(5)12(16)13-11-6-10(8(3)4)14-15-11/h6-9H,1-5H3,(H2,13,14,15,16). The van der Waals surface area contributed by atoms with Gasteiger partial charge in [-0.15, -0.1) is 0 Å². The summed E-state index contributed by atoms with van der Waals surface area (Å²) in [6, 6.07) is 1.88. The Hall–Kier alpha value is -1.32. The summed E-state index contributed by atoms with van der Waals surface area (Å²) < 4.78 is 0. The minimum Gasteiger partial charge on any atom is -0.309 e. The molecule has 4 heteroatoms. The lowest BCUT2D eigenvalue weighted by molar-refractivity contribution is -0.120. The molecule has 1 rings (SSSR count). The third kappa shape index (κ3) is 3.08. The normalized spacial score (nSPS) is 13.2. The number of nitrogens with one attached hydrogen (secondary N) is 2. The summed E-state index contributed by atoms with van der Waals surface area (Å²) in [4.78, 5) is 11.8. The molecule has 1 unspecified atom stereocenters. The van der Waals surface area contributed by atoms with Crippen molar-refractivity contribution < 1.29 is 4.79 Å². The number of aromatic nitrogens is 2. The molecular weight excluding hydrogens is 202 g/mol. The van der Waals surface area contributed by atoms with E-state index in [1.54, 1.807) is 0 Å². The van der Waals surface area contributed by atoms with Crippen molar-refractivity contribution >= 4 is 11.7 Å². The average molecular weight is 223 g/mol. The highest BCUT2D eigenvalue weighted by Gasteiger charge is 2.17. The lowest BCUT2D eigenvalue weighted by Crippen LogP contribution is -2.24. The highest BCUT2D eigenvalue weighted by Crippen LogP contribution is 2.17. The van der Waals surface area contributed by atoms with Gasteiger partial charge in [-0.25, -0.2) is 0 Å². The van der Waals surface area contributed by atoms with Crippen LogP contribution in [0.15, 0.2) is 6.07 Å². The Balaban J connectivity index is 2.63. The van der Waals surface area contributed by atoms with E-state index in [1.807, 2.05) is 26.8 Å². The number of aromatic amines is 1. The summed E-state index contributed by atoms with van der Waals surface area (Å²) in [5.41, 5.74) is 1.03. The van der Waals surface area contributed by atoms with E-state index in [0.717, 1.165) is 5.69 Å². The zero-order valence-corrected chi connectivity index (χ0v) is 10.7. The maximum absolute atomic E-state index is 11.8. The van der Waals surface area contributed by atoms with Crippen LogP contribution in [-0.4, -0.2) is 16.1 Å². The first-order valence-corrected chi connectivity index (χ1v) is 5.78. The van der Waals surface area contributed by atoms with Gasteiger partial charge in [0, 0.05) is 17.7 Å². The summed E-state index contributed by atoms with van der Waals surface area (Å²) in [7, 11) is 0. The van der Waals surface area contributed by atoms with Gasteiger partial charge in [-0.3, -0.25) is 9.89 Å². The molecule has 0 aliphatic rings. The van der Waals surface area contributed by atoms with E-state index in [0.29, 0.717) is 17.7 Å². The SMILES string of the molecule is CC(C)c1cc(NC(=O)C(C)C(C)C)n[nH]1. The van der Waals surface area contributed by atoms with Gasteiger partial charge in [0.2, 0.25) is 5.91 Å². The zero-order chi connectivity index (χ0) is 12.3. The molecule has 0 radical (unpaired) electrons. The monoisotopic (exact) mass is 223 g/mol. The van der Waals surface area contributed by atoms with E-state index in [9.17, 15) is 4.79 Å². The molecular formula is C12H21N3O. The second-order valence-corrected chi connectivity index (χ2v) is 4.89. The molecule has 0 bridgehead atoms. The molecule has 0 aromatic carbocycles. The summed E-state index contributed by atoms with van der Waals surface area (Å²) >= 11 is 0. The second-order valence-electron chi connectivity index (χ2n) is 4.89. The molecule has 90 valence electrons. The average Bonchev–Trinajstić information content (AvgIpc) is 2.64. The minimum absolute atomic E-state index is 0.000741. The van der Waals surface area contributed by atoms with Crippen LogP contribution in [0.5, 0.6) is 0 Å². The molecule has 16 heavy (non-hydrogen) atoms. The van der Waals surface area contributed by atoms with Crippen molar-refractivity contribution in [3.05, 3.63) is 11.8 Å². The van der Waals surface area contributed by atoms with Crippen LogP contribution in [0.4, 0.5) is 5.82 Å². The van der Waals surface area contributed by atoms with Crippen molar-refractivity contribution in [2.45, 2.75) is 40.5 Å². The Morgan fingerprint density at radius 3 is 2.38 bits per heavy atom. The van der Waals surface area contributed by atoms with Crippen molar-refractivity contribution in [1.82, 2.24) is 10.2 Å². The number of carbonyl (C=O) groups excluding carboxylic acids is 1. The molecule has 0 aliphatic carbocycles. The van der Waals surface area contributed by atoms with E-state index < -0.39 is 0 Å². The van der Waals surface area contributed by atoms with Gasteiger partial charge >= 0.3 is 0 Å². The van der Waals surface area contributed by atoms with Gasteiger partial charge in [0.25, 0.3) is 0 Å². The predicted octanol–water partition coefficient (Wildman–Crippen LogP) is 2.76. The Labute approximate surface area is 96.8 Å². The first kappa shape index (κ1) is 12.7. The van der Waals surface area contributed by atoms with Crippen molar-refractivity contribution in [3.8, 4) is 0 Å². The van der Waals surface area contributed by atoms with Crippen LogP contribution in [0.3, 0.4) is 0 Å². The number of carbonyl (C=O) groups is 1. The van der Waals surface area contributed by atoms with E-state index in [1.165, 1.54) is 0 Å². The Bertz CT molecular complexity index is 355. The van der Waals surface area contributed by atoms with Gasteiger partial charge in [-0.1, -0.05) is 34.6 Å². The number of rotatable bonds is 4. The van der Waals surface area contributed by atoms with Crippen molar-refractivity contribution in [2.24, 2.45) is 11.8 Å². The summed E-state index contributed by atoms with van der Waals surface area (Å²) in [6.07, 6.45) is 0. The van der Waals surface area contributed by atoms with E-state index >= 15 is 0 Å². The fourth-order valence-corrected chi connectivity index (χ4v) is 1.24. The van der Waals surface area contributed by atoms with Gasteiger partial charge in [0.1, 0.15) is 0 Å². The predicted molar refractivity (Wildman–Crippen MR) is 65.3 cm³/mol. The molecule has 4 nitrogen and oxygen atoms in total. The van der Waals surface area contributed by atoms with Gasteiger partial charge < -0.3 is 5.32 Å². The quantitative estimate of drug-likeness (QED) is 0.824. The van der Waals surface area contributed by atoms with Crippen molar-refractivity contribution in [1.29, 1.82) is 0 Å². The third-order valence-corrected chi connectivity index (χ3v) is 2.88. The summed E-state index contributed by atoms with van der Waals surface area (Å²) in [5.74, 6) is 1.36. The van der Waals surface area contributed by atoms with E-state index in [2.05, 4.69) is 29.4 Å². The van der Waals surface area contributed by atoms with Crippen LogP contribution in [0.1, 0.15) is 46.2 Å². The second kappa shape index (κ2) is 5.14. The highest BCUT2D eigenvalue weighted by atomic mass is 16.1. The van der Waals surface area contributed by atoms with Gasteiger partial charge in [0.05, 0.1) is 0 Å². The van der Waals surface area contributed by atoms with Gasteiger partial charge in [-0.2, -0.15) is 5.10 Å². The van der Waals surface area contributed by atoms with E-state index in [4.69, 9.17) is 0 Å². The number of nitrogens with zero attached hydrogens (tertiary/aromatic N) is 1. The number of hydrogen-bond acceptors (Lipinski definition) is 2. The van der Waals surface area contributed by atoms with Crippen LogP contribution < -0.4 is 5.32 Å². The minimum atomic E-state index is -0.000741. The topological polar surface area (TPSA) is 57.8 Å². The molecule has 1 aromatic rings. The van der Waals surface area contributed by atoms with Gasteiger partial charge in [0.15, 0.2) is 5.82 Å². The highest BCUT2D eigenvalue weighted by molar-refractivity contribution is 5.91. The van der Waals surface area contributed by atoms with Crippen LogP contribution in [-0.2, 0) is 4.79 Å². The zero-order valence-electron chi connectivity index (χ0n) is 10.7.